The van der Waals surface area contributed by atoms with Crippen LogP contribution in [0.3, 0.4) is 0 Å². The summed E-state index contributed by atoms with van der Waals surface area (Å²) < 4.78 is 13.1. The molecule has 1 N–H and O–H groups in total. The number of aromatic nitrogens is 2. The molecule has 1 unspecified atom stereocenters. The molecule has 0 spiro atoms. The highest BCUT2D eigenvalue weighted by atomic mass is 35.5. The Morgan fingerprint density at radius 2 is 2.05 bits per heavy atom. The third kappa shape index (κ3) is 3.72. The quantitative estimate of drug-likeness (QED) is 0.914. The van der Waals surface area contributed by atoms with E-state index >= 15 is 0 Å². The second-order valence-corrected chi connectivity index (χ2v) is 4.58. The first-order valence-corrected chi connectivity index (χ1v) is 6.52. The lowest BCUT2D eigenvalue weighted by Crippen LogP contribution is -2.24. The van der Waals surface area contributed by atoms with E-state index < -0.39 is 5.82 Å². The molecule has 0 amide bonds. The van der Waals surface area contributed by atoms with Gasteiger partial charge < -0.3 is 5.32 Å². The Morgan fingerprint density at radius 3 is 2.68 bits per heavy atom. The fourth-order valence-electron chi connectivity index (χ4n) is 1.89. The highest BCUT2D eigenvalue weighted by Crippen LogP contribution is 2.20. The van der Waals surface area contributed by atoms with E-state index in [0.29, 0.717) is 6.42 Å². The van der Waals surface area contributed by atoms with Gasteiger partial charge in [0.15, 0.2) is 0 Å². The molecule has 0 aliphatic rings. The van der Waals surface area contributed by atoms with Gasteiger partial charge in [-0.15, -0.1) is 0 Å². The normalized spacial score (nSPS) is 12.4. The highest BCUT2D eigenvalue weighted by Gasteiger charge is 2.14. The fourth-order valence-corrected chi connectivity index (χ4v) is 2.10. The topological polar surface area (TPSA) is 37.8 Å². The first kappa shape index (κ1) is 13.9. The molecule has 0 saturated heterocycles. The van der Waals surface area contributed by atoms with Gasteiger partial charge in [0.1, 0.15) is 11.6 Å². The van der Waals surface area contributed by atoms with Crippen LogP contribution in [-0.4, -0.2) is 16.5 Å². The van der Waals surface area contributed by atoms with Gasteiger partial charge >= 0.3 is 0 Å². The summed E-state index contributed by atoms with van der Waals surface area (Å²) >= 11 is 5.79. The van der Waals surface area contributed by atoms with Crippen LogP contribution in [0.5, 0.6) is 0 Å². The Labute approximate surface area is 116 Å². The van der Waals surface area contributed by atoms with Crippen LogP contribution in [0.25, 0.3) is 0 Å². The number of nitrogens with one attached hydrogen (secondary N) is 1. The molecular weight excluding hydrogens is 265 g/mol. The largest absolute Gasteiger partial charge is 0.307 e. The van der Waals surface area contributed by atoms with Crippen LogP contribution in [0.1, 0.15) is 24.4 Å². The van der Waals surface area contributed by atoms with E-state index in [9.17, 15) is 4.39 Å². The zero-order valence-corrected chi connectivity index (χ0v) is 11.4. The third-order valence-corrected chi connectivity index (χ3v) is 3.06. The van der Waals surface area contributed by atoms with Crippen LogP contribution in [0.2, 0.25) is 5.02 Å². The van der Waals surface area contributed by atoms with Crippen LogP contribution in [0.4, 0.5) is 4.39 Å². The molecule has 100 valence electrons. The molecule has 0 bridgehead atoms. The summed E-state index contributed by atoms with van der Waals surface area (Å²) in [5.74, 6) is 0.325. The predicted molar refractivity (Wildman–Crippen MR) is 73.6 cm³/mol. The van der Waals surface area contributed by atoms with Gasteiger partial charge in [-0.25, -0.2) is 14.4 Å². The average Bonchev–Trinajstić information content (AvgIpc) is 2.43. The summed E-state index contributed by atoms with van der Waals surface area (Å²) in [6.07, 6.45) is 4.09. The number of nitrogens with zero attached hydrogens (tertiary/aromatic N) is 2. The van der Waals surface area contributed by atoms with Crippen molar-refractivity contribution in [1.29, 1.82) is 0 Å². The van der Waals surface area contributed by atoms with Gasteiger partial charge in [0, 0.05) is 12.4 Å². The van der Waals surface area contributed by atoms with Crippen molar-refractivity contribution in [1.82, 2.24) is 15.3 Å². The Hall–Kier alpha value is -1.52. The van der Waals surface area contributed by atoms with Crippen LogP contribution < -0.4 is 5.32 Å². The first-order chi connectivity index (χ1) is 9.20. The zero-order chi connectivity index (χ0) is 13.7. The minimum atomic E-state index is -0.402. The molecule has 0 aliphatic heterocycles. The molecule has 3 nitrogen and oxygen atoms in total. The maximum atomic E-state index is 13.1. The van der Waals surface area contributed by atoms with E-state index in [1.807, 2.05) is 6.92 Å². The van der Waals surface area contributed by atoms with Gasteiger partial charge in [-0.1, -0.05) is 24.6 Å². The molecule has 2 aromatic rings. The van der Waals surface area contributed by atoms with Crippen molar-refractivity contribution in [2.75, 3.05) is 6.54 Å². The average molecular weight is 280 g/mol. The minimum absolute atomic E-state index is 0.00673. The lowest BCUT2D eigenvalue weighted by molar-refractivity contribution is 0.520. The van der Waals surface area contributed by atoms with Crippen molar-refractivity contribution in [3.63, 3.8) is 0 Å². The summed E-state index contributed by atoms with van der Waals surface area (Å²) in [4.78, 5) is 8.51. The number of hydrogen-bond donors (Lipinski definition) is 1. The van der Waals surface area contributed by atoms with E-state index in [2.05, 4.69) is 15.3 Å². The first-order valence-electron chi connectivity index (χ1n) is 6.15. The second kappa shape index (κ2) is 6.59. The van der Waals surface area contributed by atoms with E-state index in [-0.39, 0.29) is 11.1 Å². The number of halogens is 2. The molecule has 1 aromatic heterocycles. The van der Waals surface area contributed by atoms with Crippen molar-refractivity contribution in [2.24, 2.45) is 0 Å². The van der Waals surface area contributed by atoms with Crippen molar-refractivity contribution in [3.05, 3.63) is 58.9 Å². The Bertz CT molecular complexity index is 533. The van der Waals surface area contributed by atoms with Gasteiger partial charge in [0.25, 0.3) is 0 Å². The van der Waals surface area contributed by atoms with Crippen molar-refractivity contribution >= 4 is 11.6 Å². The minimum Gasteiger partial charge on any atom is -0.307 e. The number of likely N-dealkylation sites (N-methyl/N-ethyl adjacent to an activating group) is 1. The fraction of sp³-hybridized carbons (Fsp3) is 0.286. The molecule has 19 heavy (non-hydrogen) atoms. The summed E-state index contributed by atoms with van der Waals surface area (Å²) in [6, 6.07) is 6.53. The van der Waals surface area contributed by atoms with Crippen molar-refractivity contribution in [2.45, 2.75) is 19.4 Å². The summed E-state index contributed by atoms with van der Waals surface area (Å²) in [5.41, 5.74) is 0.949. The summed E-state index contributed by atoms with van der Waals surface area (Å²) in [5, 5.41) is 3.46. The van der Waals surface area contributed by atoms with E-state index in [1.165, 1.54) is 6.07 Å². The SMILES string of the molecule is CCNC(Cc1ccc(F)c(Cl)c1)c1ncccn1. The van der Waals surface area contributed by atoms with Crippen LogP contribution >= 0.6 is 11.6 Å². The molecule has 0 radical (unpaired) electrons. The number of benzene rings is 1. The summed E-state index contributed by atoms with van der Waals surface area (Å²) in [7, 11) is 0. The lowest BCUT2D eigenvalue weighted by atomic mass is 10.1. The maximum Gasteiger partial charge on any atom is 0.145 e. The molecule has 0 saturated carbocycles. The van der Waals surface area contributed by atoms with Crippen LogP contribution in [-0.2, 0) is 6.42 Å². The predicted octanol–water partition coefficient (Wildman–Crippen LogP) is 3.16. The zero-order valence-electron chi connectivity index (χ0n) is 10.6. The van der Waals surface area contributed by atoms with Crippen LogP contribution in [0.15, 0.2) is 36.7 Å². The van der Waals surface area contributed by atoms with Gasteiger partial charge in [0.2, 0.25) is 0 Å². The number of hydrogen-bond acceptors (Lipinski definition) is 3. The Morgan fingerprint density at radius 1 is 1.32 bits per heavy atom. The molecule has 2 rings (SSSR count). The van der Waals surface area contributed by atoms with E-state index in [4.69, 9.17) is 11.6 Å². The standard InChI is InChI=1S/C14H15ClFN3/c1-2-17-13(14-18-6-3-7-19-14)9-10-4-5-12(16)11(15)8-10/h3-8,13,17H,2,9H2,1H3. The van der Waals surface area contributed by atoms with Crippen molar-refractivity contribution in [3.8, 4) is 0 Å². The Kier molecular flexibility index (Phi) is 4.82. The van der Waals surface area contributed by atoms with Gasteiger partial charge in [0.05, 0.1) is 11.1 Å². The smallest absolute Gasteiger partial charge is 0.145 e. The maximum absolute atomic E-state index is 13.1. The Balaban J connectivity index is 2.19. The van der Waals surface area contributed by atoms with E-state index in [1.54, 1.807) is 30.6 Å². The van der Waals surface area contributed by atoms with Gasteiger partial charge in [-0.2, -0.15) is 0 Å². The summed E-state index contributed by atoms with van der Waals surface area (Å²) in [6.45, 7) is 2.82. The van der Waals surface area contributed by atoms with Gasteiger partial charge in [-0.3, -0.25) is 0 Å². The molecule has 5 heteroatoms. The van der Waals surface area contributed by atoms with Crippen molar-refractivity contribution < 1.29 is 4.39 Å². The molecule has 1 atom stereocenters. The molecule has 1 heterocycles. The lowest BCUT2D eigenvalue weighted by Gasteiger charge is -2.16. The molecule has 0 fully saturated rings. The highest BCUT2D eigenvalue weighted by molar-refractivity contribution is 6.30. The van der Waals surface area contributed by atoms with Crippen LogP contribution in [0, 0.1) is 5.82 Å². The molecule has 1 aromatic carbocycles. The molecule has 0 aliphatic carbocycles. The van der Waals surface area contributed by atoms with Gasteiger partial charge in [-0.05, 0) is 36.7 Å². The van der Waals surface area contributed by atoms with E-state index in [0.717, 1.165) is 17.9 Å². The second-order valence-electron chi connectivity index (χ2n) is 4.17. The molecular formula is C14H15ClFN3. The third-order valence-electron chi connectivity index (χ3n) is 2.77. The monoisotopic (exact) mass is 279 g/mol. The number of rotatable bonds is 5.